The minimum absolute atomic E-state index is 0.0264. The van der Waals surface area contributed by atoms with Gasteiger partial charge in [-0.25, -0.2) is 0 Å². The number of hydrogen-bond acceptors (Lipinski definition) is 0. The van der Waals surface area contributed by atoms with E-state index in [0.29, 0.717) is 0 Å². The summed E-state index contributed by atoms with van der Waals surface area (Å²) in [5.74, 6) is 0. The molecule has 7 rings (SSSR count). The molecule has 2 aliphatic rings. The maximum Gasteiger partial charge on any atom is 0.0159 e. The zero-order valence-corrected chi connectivity index (χ0v) is 19.4. The summed E-state index contributed by atoms with van der Waals surface area (Å²) in [5.41, 5.74) is 15.4. The first-order chi connectivity index (χ1) is 16.0. The van der Waals surface area contributed by atoms with E-state index in [1.807, 2.05) is 0 Å². The lowest BCUT2D eigenvalue weighted by atomic mass is 9.81. The van der Waals surface area contributed by atoms with E-state index in [9.17, 15) is 0 Å². The highest BCUT2D eigenvalue weighted by Gasteiger charge is 2.35. The second-order valence-electron chi connectivity index (χ2n) is 10.3. The van der Waals surface area contributed by atoms with Crippen LogP contribution >= 0.6 is 0 Å². The van der Waals surface area contributed by atoms with E-state index in [0.717, 1.165) is 6.42 Å². The fraction of sp³-hybridized carbons (Fsp3) is 0.152. The van der Waals surface area contributed by atoms with Crippen LogP contribution in [0.15, 0.2) is 91.0 Å². The third-order valence-electron chi connectivity index (χ3n) is 7.97. The first kappa shape index (κ1) is 18.9. The van der Waals surface area contributed by atoms with Gasteiger partial charge in [-0.1, -0.05) is 104 Å². The molecule has 0 N–H and O–H groups in total. The normalized spacial score (nSPS) is 14.6. The summed E-state index contributed by atoms with van der Waals surface area (Å²) in [4.78, 5) is 0. The smallest absolute Gasteiger partial charge is 0.0159 e. The maximum absolute atomic E-state index is 2.43. The van der Waals surface area contributed by atoms with Crippen molar-refractivity contribution in [3.05, 3.63) is 119 Å². The van der Waals surface area contributed by atoms with Gasteiger partial charge in [0.15, 0.2) is 0 Å². The average molecular weight is 423 g/mol. The van der Waals surface area contributed by atoms with Crippen molar-refractivity contribution in [1.82, 2.24) is 0 Å². The van der Waals surface area contributed by atoms with Gasteiger partial charge in [-0.2, -0.15) is 0 Å². The molecule has 0 amide bonds. The second-order valence-corrected chi connectivity index (χ2v) is 10.3. The molecule has 158 valence electrons. The molecule has 2 aliphatic carbocycles. The Morgan fingerprint density at radius 2 is 1.27 bits per heavy atom. The van der Waals surface area contributed by atoms with Gasteiger partial charge in [0.2, 0.25) is 0 Å². The Kier molecular flexibility index (Phi) is 3.69. The minimum Gasteiger partial charge on any atom is -0.0616 e. The summed E-state index contributed by atoms with van der Waals surface area (Å²) in [7, 11) is 0. The van der Waals surface area contributed by atoms with Crippen LogP contribution < -0.4 is 0 Å². The van der Waals surface area contributed by atoms with Gasteiger partial charge < -0.3 is 0 Å². The summed E-state index contributed by atoms with van der Waals surface area (Å²) in [5, 5.41) is 2.72. The minimum atomic E-state index is 0.0264. The molecular weight excluding hydrogens is 396 g/mol. The monoisotopic (exact) mass is 422 g/mol. The SMILES string of the molecule is Cc1ccc2c(c1)C(C)(C)c1cc(-c3ccc4c(c3)Cc3c-4ccc4ccccc34)ccc1-2. The van der Waals surface area contributed by atoms with Gasteiger partial charge in [0.25, 0.3) is 0 Å². The van der Waals surface area contributed by atoms with Crippen molar-refractivity contribution >= 4 is 10.8 Å². The third kappa shape index (κ3) is 2.58. The predicted molar refractivity (Wildman–Crippen MR) is 140 cm³/mol. The Balaban J connectivity index is 1.33. The Morgan fingerprint density at radius 1 is 0.606 bits per heavy atom. The van der Waals surface area contributed by atoms with Crippen molar-refractivity contribution in [3.8, 4) is 33.4 Å². The summed E-state index contributed by atoms with van der Waals surface area (Å²) >= 11 is 0. The molecule has 0 fully saturated rings. The van der Waals surface area contributed by atoms with Gasteiger partial charge in [0.05, 0.1) is 0 Å². The first-order valence-electron chi connectivity index (χ1n) is 11.9. The van der Waals surface area contributed by atoms with Crippen LogP contribution in [-0.4, -0.2) is 0 Å². The van der Waals surface area contributed by atoms with E-state index in [4.69, 9.17) is 0 Å². The van der Waals surface area contributed by atoms with Crippen LogP contribution in [0.4, 0.5) is 0 Å². The maximum atomic E-state index is 2.43. The molecule has 33 heavy (non-hydrogen) atoms. The number of aryl methyl sites for hydroxylation is 1. The van der Waals surface area contributed by atoms with E-state index >= 15 is 0 Å². The fourth-order valence-electron chi connectivity index (χ4n) is 6.18. The fourth-order valence-corrected chi connectivity index (χ4v) is 6.18. The van der Waals surface area contributed by atoms with Crippen molar-refractivity contribution in [1.29, 1.82) is 0 Å². The average Bonchev–Trinajstić information content (AvgIpc) is 3.31. The molecule has 0 bridgehead atoms. The molecule has 0 heteroatoms. The highest BCUT2D eigenvalue weighted by Crippen LogP contribution is 2.50. The zero-order valence-electron chi connectivity index (χ0n) is 19.4. The third-order valence-corrected chi connectivity index (χ3v) is 7.97. The van der Waals surface area contributed by atoms with Crippen LogP contribution in [0.2, 0.25) is 0 Å². The molecule has 0 heterocycles. The summed E-state index contributed by atoms with van der Waals surface area (Å²) in [6.45, 7) is 6.92. The van der Waals surface area contributed by atoms with E-state index in [1.165, 1.54) is 72.0 Å². The van der Waals surface area contributed by atoms with Crippen LogP contribution in [0.5, 0.6) is 0 Å². The number of hydrogen-bond donors (Lipinski definition) is 0. The van der Waals surface area contributed by atoms with E-state index in [2.05, 4.69) is 112 Å². The first-order valence-corrected chi connectivity index (χ1v) is 11.9. The van der Waals surface area contributed by atoms with Crippen LogP contribution in [0, 0.1) is 6.92 Å². The predicted octanol–water partition coefficient (Wildman–Crippen LogP) is 8.69. The Bertz CT molecular complexity index is 1610. The van der Waals surface area contributed by atoms with Gasteiger partial charge in [0, 0.05) is 5.41 Å². The Labute approximate surface area is 195 Å². The van der Waals surface area contributed by atoms with Crippen LogP contribution in [0.1, 0.15) is 41.7 Å². The van der Waals surface area contributed by atoms with Gasteiger partial charge in [0.1, 0.15) is 0 Å². The van der Waals surface area contributed by atoms with Gasteiger partial charge in [-0.3, -0.25) is 0 Å². The van der Waals surface area contributed by atoms with Crippen molar-refractivity contribution in [2.75, 3.05) is 0 Å². The topological polar surface area (TPSA) is 0 Å². The van der Waals surface area contributed by atoms with Crippen LogP contribution in [0.25, 0.3) is 44.2 Å². The number of benzene rings is 5. The van der Waals surface area contributed by atoms with E-state index < -0.39 is 0 Å². The van der Waals surface area contributed by atoms with Crippen LogP contribution in [0.3, 0.4) is 0 Å². The Morgan fingerprint density at radius 3 is 2.12 bits per heavy atom. The number of fused-ring (bicyclic) bond motifs is 8. The molecule has 0 radical (unpaired) electrons. The number of rotatable bonds is 1. The lowest BCUT2D eigenvalue weighted by Crippen LogP contribution is -2.15. The molecule has 0 saturated carbocycles. The lowest BCUT2D eigenvalue weighted by molar-refractivity contribution is 0.660. The molecule has 0 nitrogen and oxygen atoms in total. The molecular formula is C33H26. The van der Waals surface area contributed by atoms with E-state index in [-0.39, 0.29) is 5.41 Å². The summed E-state index contributed by atoms with van der Waals surface area (Å²) in [6, 6.07) is 34.4. The van der Waals surface area contributed by atoms with Gasteiger partial charge >= 0.3 is 0 Å². The summed E-state index contributed by atoms with van der Waals surface area (Å²) in [6.07, 6.45) is 1.01. The van der Waals surface area contributed by atoms with Crippen molar-refractivity contribution < 1.29 is 0 Å². The molecule has 0 aromatic heterocycles. The molecule has 0 aliphatic heterocycles. The van der Waals surface area contributed by atoms with Crippen LogP contribution in [-0.2, 0) is 11.8 Å². The lowest BCUT2D eigenvalue weighted by Gasteiger charge is -2.22. The second kappa shape index (κ2) is 6.45. The molecule has 0 atom stereocenters. The quantitative estimate of drug-likeness (QED) is 0.249. The van der Waals surface area contributed by atoms with Crippen molar-refractivity contribution in [2.24, 2.45) is 0 Å². The molecule has 5 aromatic carbocycles. The molecule has 0 unspecified atom stereocenters. The Hall–Kier alpha value is -3.64. The van der Waals surface area contributed by atoms with Crippen molar-refractivity contribution in [2.45, 2.75) is 32.6 Å². The summed E-state index contributed by atoms with van der Waals surface area (Å²) < 4.78 is 0. The van der Waals surface area contributed by atoms with Gasteiger partial charge in [-0.15, -0.1) is 0 Å². The molecule has 0 spiro atoms. The molecule has 0 saturated heterocycles. The largest absolute Gasteiger partial charge is 0.0616 e. The van der Waals surface area contributed by atoms with Gasteiger partial charge in [-0.05, 0) is 85.8 Å². The highest BCUT2D eigenvalue weighted by molar-refractivity contribution is 5.95. The zero-order chi connectivity index (χ0) is 22.3. The molecule has 5 aromatic rings. The highest BCUT2D eigenvalue weighted by atomic mass is 14.4. The standard InChI is InChI=1S/C33H26/c1-20-8-12-28-29-15-11-23(19-32(29)33(2,3)31(28)16-20)22-10-13-26-24(17-22)18-30-25-7-5-4-6-21(25)9-14-27(26)30/h4-17,19H,18H2,1-3H3. The van der Waals surface area contributed by atoms with Crippen molar-refractivity contribution in [3.63, 3.8) is 0 Å². The van der Waals surface area contributed by atoms with E-state index in [1.54, 1.807) is 0 Å².